The van der Waals surface area contributed by atoms with Gasteiger partial charge in [0.15, 0.2) is 0 Å². The van der Waals surface area contributed by atoms with E-state index < -0.39 is 0 Å². The van der Waals surface area contributed by atoms with Crippen molar-refractivity contribution in [3.05, 3.63) is 12.7 Å². The Morgan fingerprint density at radius 3 is 1.00 bits per heavy atom. The molecular formula is C25H42. The monoisotopic (exact) mass is 342 g/mol. The molecule has 0 heteroatoms. The molecular weight excluding hydrogens is 300 g/mol. The molecule has 4 aliphatic rings. The maximum absolute atomic E-state index is 4.01. The maximum atomic E-state index is 4.01. The quantitative estimate of drug-likeness (QED) is 0.457. The summed E-state index contributed by atoms with van der Waals surface area (Å²) in [6.45, 7) is 4.01. The Bertz CT molecular complexity index is 394. The van der Waals surface area contributed by atoms with Gasteiger partial charge in [0.05, 0.1) is 0 Å². The van der Waals surface area contributed by atoms with Crippen LogP contribution in [0, 0.1) is 41.4 Å². The molecule has 4 fully saturated rings. The van der Waals surface area contributed by atoms with Gasteiger partial charge in [-0.2, -0.15) is 0 Å². The molecule has 0 nitrogen and oxygen atoms in total. The van der Waals surface area contributed by atoms with E-state index in [4.69, 9.17) is 0 Å². The zero-order valence-electron chi connectivity index (χ0n) is 16.6. The van der Waals surface area contributed by atoms with Gasteiger partial charge in [-0.25, -0.2) is 0 Å². The predicted molar refractivity (Wildman–Crippen MR) is 108 cm³/mol. The highest BCUT2D eigenvalue weighted by atomic mass is 14.4. The van der Waals surface area contributed by atoms with Crippen molar-refractivity contribution in [3.63, 3.8) is 0 Å². The summed E-state index contributed by atoms with van der Waals surface area (Å²) in [7, 11) is 0. The number of hydrogen-bond acceptors (Lipinski definition) is 0. The van der Waals surface area contributed by atoms with Crippen LogP contribution in [0.2, 0.25) is 0 Å². The summed E-state index contributed by atoms with van der Waals surface area (Å²) in [6, 6.07) is 0. The first kappa shape index (κ1) is 18.1. The first-order chi connectivity index (χ1) is 12.3. The zero-order chi connectivity index (χ0) is 17.1. The molecule has 0 aromatic carbocycles. The molecule has 0 bridgehead atoms. The molecule has 0 spiro atoms. The fourth-order valence-corrected chi connectivity index (χ4v) is 7.46. The molecule has 0 N–H and O–H groups in total. The van der Waals surface area contributed by atoms with E-state index in [1.165, 1.54) is 38.5 Å². The van der Waals surface area contributed by atoms with Crippen molar-refractivity contribution in [1.29, 1.82) is 0 Å². The highest BCUT2D eigenvalue weighted by Gasteiger charge is 2.36. The smallest absolute Gasteiger partial charge is 0.0236 e. The normalized spacial score (nSPS) is 43.8. The summed E-state index contributed by atoms with van der Waals surface area (Å²) in [4.78, 5) is 0. The van der Waals surface area contributed by atoms with Gasteiger partial charge < -0.3 is 0 Å². The summed E-state index contributed by atoms with van der Waals surface area (Å²) in [5, 5.41) is 0. The minimum atomic E-state index is 0.836. The van der Waals surface area contributed by atoms with Crippen LogP contribution in [0.25, 0.3) is 0 Å². The van der Waals surface area contributed by atoms with Crippen LogP contribution in [0.4, 0.5) is 0 Å². The molecule has 0 unspecified atom stereocenters. The zero-order valence-corrected chi connectivity index (χ0v) is 16.6. The fourth-order valence-electron chi connectivity index (χ4n) is 7.46. The predicted octanol–water partition coefficient (Wildman–Crippen LogP) is 7.78. The van der Waals surface area contributed by atoms with Crippen LogP contribution in [0.3, 0.4) is 0 Å². The summed E-state index contributed by atoms with van der Waals surface area (Å²) < 4.78 is 0. The molecule has 0 atom stereocenters. The second-order valence-electron chi connectivity index (χ2n) is 10.3. The second kappa shape index (κ2) is 8.62. The van der Waals surface area contributed by atoms with Gasteiger partial charge in [-0.1, -0.05) is 31.8 Å². The van der Waals surface area contributed by atoms with E-state index in [0.29, 0.717) is 0 Å². The van der Waals surface area contributed by atoms with Crippen molar-refractivity contribution in [2.24, 2.45) is 41.4 Å². The van der Waals surface area contributed by atoms with E-state index in [0.717, 1.165) is 41.4 Å². The molecule has 4 rings (SSSR count). The van der Waals surface area contributed by atoms with Gasteiger partial charge in [-0.3, -0.25) is 0 Å². The van der Waals surface area contributed by atoms with Crippen LogP contribution >= 0.6 is 0 Å². The van der Waals surface area contributed by atoms with Crippen LogP contribution in [0.5, 0.6) is 0 Å². The van der Waals surface area contributed by atoms with Gasteiger partial charge >= 0.3 is 0 Å². The van der Waals surface area contributed by atoms with Crippen molar-refractivity contribution in [1.82, 2.24) is 0 Å². The Hall–Kier alpha value is -0.260. The SMILES string of the molecule is C=CC1CCC(C2CCC(C3CCC(C4CCCC4)CC3)CC2)CC1. The molecule has 142 valence electrons. The third kappa shape index (κ3) is 4.36. The minimum Gasteiger partial charge on any atom is -0.103 e. The highest BCUT2D eigenvalue weighted by Crippen LogP contribution is 2.48. The first-order valence-electron chi connectivity index (χ1n) is 12.0. The topological polar surface area (TPSA) is 0 Å². The Morgan fingerprint density at radius 2 is 0.680 bits per heavy atom. The van der Waals surface area contributed by atoms with Gasteiger partial charge in [0, 0.05) is 0 Å². The van der Waals surface area contributed by atoms with Gasteiger partial charge in [0.25, 0.3) is 0 Å². The number of hydrogen-bond donors (Lipinski definition) is 0. The molecule has 25 heavy (non-hydrogen) atoms. The number of rotatable bonds is 4. The Labute approximate surface area is 157 Å². The molecule has 0 radical (unpaired) electrons. The van der Waals surface area contributed by atoms with Crippen LogP contribution in [0.1, 0.15) is 103 Å². The lowest BCUT2D eigenvalue weighted by Gasteiger charge is -2.42. The van der Waals surface area contributed by atoms with E-state index in [9.17, 15) is 0 Å². The Balaban J connectivity index is 1.18. The lowest BCUT2D eigenvalue weighted by Crippen LogP contribution is -2.30. The minimum absolute atomic E-state index is 0.836. The highest BCUT2D eigenvalue weighted by molar-refractivity contribution is 4.89. The summed E-state index contributed by atoms with van der Waals surface area (Å²) in [5.41, 5.74) is 0. The van der Waals surface area contributed by atoms with E-state index in [1.807, 2.05) is 0 Å². The summed E-state index contributed by atoms with van der Waals surface area (Å²) >= 11 is 0. The van der Waals surface area contributed by atoms with Crippen LogP contribution in [0.15, 0.2) is 12.7 Å². The van der Waals surface area contributed by atoms with Crippen molar-refractivity contribution in [2.75, 3.05) is 0 Å². The average molecular weight is 343 g/mol. The number of allylic oxidation sites excluding steroid dienone is 1. The third-order valence-electron chi connectivity index (χ3n) is 9.18. The van der Waals surface area contributed by atoms with Gasteiger partial charge in [-0.15, -0.1) is 6.58 Å². The molecule has 4 aliphatic carbocycles. The van der Waals surface area contributed by atoms with Crippen molar-refractivity contribution < 1.29 is 0 Å². The molecule has 0 saturated heterocycles. The van der Waals surface area contributed by atoms with E-state index >= 15 is 0 Å². The first-order valence-corrected chi connectivity index (χ1v) is 12.0. The van der Waals surface area contributed by atoms with E-state index in [1.54, 1.807) is 64.2 Å². The van der Waals surface area contributed by atoms with Crippen LogP contribution in [-0.2, 0) is 0 Å². The van der Waals surface area contributed by atoms with Gasteiger partial charge in [-0.05, 0) is 118 Å². The van der Waals surface area contributed by atoms with Crippen LogP contribution < -0.4 is 0 Å². The van der Waals surface area contributed by atoms with Crippen molar-refractivity contribution in [2.45, 2.75) is 103 Å². The molecule has 0 aromatic rings. The van der Waals surface area contributed by atoms with Gasteiger partial charge in [0.2, 0.25) is 0 Å². The maximum Gasteiger partial charge on any atom is -0.0236 e. The molecule has 0 aliphatic heterocycles. The molecule has 0 amide bonds. The summed E-state index contributed by atoms with van der Waals surface area (Å²) in [6.07, 6.45) is 26.9. The average Bonchev–Trinajstić information content (AvgIpc) is 3.23. The Kier molecular flexibility index (Phi) is 6.25. The second-order valence-corrected chi connectivity index (χ2v) is 10.3. The fraction of sp³-hybridized carbons (Fsp3) is 0.920. The lowest BCUT2D eigenvalue weighted by atomic mass is 9.64. The lowest BCUT2D eigenvalue weighted by molar-refractivity contribution is 0.0989. The molecule has 4 saturated carbocycles. The van der Waals surface area contributed by atoms with Crippen molar-refractivity contribution in [3.8, 4) is 0 Å². The molecule has 0 heterocycles. The third-order valence-corrected chi connectivity index (χ3v) is 9.18. The van der Waals surface area contributed by atoms with E-state index in [-0.39, 0.29) is 0 Å². The largest absolute Gasteiger partial charge is 0.103 e. The summed E-state index contributed by atoms with van der Waals surface area (Å²) in [5.74, 6) is 7.44. The standard InChI is InChI=1S/C25H42/c1-2-19-7-9-21(10-8-19)23-15-17-25(18-16-23)24-13-11-22(12-14-24)20-5-3-4-6-20/h2,19-25H,1,3-18H2. The molecule has 0 aromatic heterocycles. The van der Waals surface area contributed by atoms with E-state index in [2.05, 4.69) is 12.7 Å². The van der Waals surface area contributed by atoms with Gasteiger partial charge in [0.1, 0.15) is 0 Å². The van der Waals surface area contributed by atoms with Crippen molar-refractivity contribution >= 4 is 0 Å². The van der Waals surface area contributed by atoms with Crippen LogP contribution in [-0.4, -0.2) is 0 Å². The Morgan fingerprint density at radius 1 is 0.400 bits per heavy atom.